The van der Waals surface area contributed by atoms with Gasteiger partial charge in [0, 0.05) is 15.8 Å². The van der Waals surface area contributed by atoms with Crippen LogP contribution in [0.5, 0.6) is 0 Å². The molecule has 2 nitrogen and oxygen atoms in total. The van der Waals surface area contributed by atoms with E-state index in [1.165, 1.54) is 54.2 Å². The second-order valence-electron chi connectivity index (χ2n) is 5.91. The van der Waals surface area contributed by atoms with Gasteiger partial charge in [0.2, 0.25) is 0 Å². The number of hydrogen-bond acceptors (Lipinski definition) is 2. The van der Waals surface area contributed by atoms with Crippen LogP contribution >= 0.6 is 22.6 Å². The molecule has 2 aliphatic rings. The van der Waals surface area contributed by atoms with Gasteiger partial charge in [-0.2, -0.15) is 0 Å². The van der Waals surface area contributed by atoms with Crippen molar-refractivity contribution in [3.63, 3.8) is 0 Å². The van der Waals surface area contributed by atoms with Crippen LogP contribution in [0.1, 0.15) is 44.9 Å². The molecule has 1 aliphatic carbocycles. The maximum atomic E-state index is 6.37. The number of halogens is 1. The van der Waals surface area contributed by atoms with Gasteiger partial charge in [-0.1, -0.05) is 19.3 Å². The molecule has 1 heterocycles. The summed E-state index contributed by atoms with van der Waals surface area (Å²) >= 11 is 2.34. The third-order valence-corrected chi connectivity index (χ3v) is 5.20. The van der Waals surface area contributed by atoms with Crippen molar-refractivity contribution in [1.29, 1.82) is 0 Å². The van der Waals surface area contributed by atoms with Gasteiger partial charge in [0.25, 0.3) is 0 Å². The number of nitrogens with one attached hydrogen (secondary N) is 1. The number of ether oxygens (including phenoxy) is 1. The van der Waals surface area contributed by atoms with Crippen molar-refractivity contribution in [2.45, 2.75) is 56.7 Å². The van der Waals surface area contributed by atoms with E-state index < -0.39 is 0 Å². The third kappa shape index (κ3) is 3.43. The van der Waals surface area contributed by atoms with Gasteiger partial charge in [0.15, 0.2) is 0 Å². The van der Waals surface area contributed by atoms with Crippen molar-refractivity contribution in [3.8, 4) is 0 Å². The quantitative estimate of drug-likeness (QED) is 0.785. The van der Waals surface area contributed by atoms with Crippen LogP contribution in [0.3, 0.4) is 0 Å². The molecule has 0 amide bonds. The first-order valence-corrected chi connectivity index (χ1v) is 8.51. The second-order valence-corrected chi connectivity index (χ2v) is 7.16. The molecule has 3 heteroatoms. The zero-order valence-corrected chi connectivity index (χ0v) is 13.5. The summed E-state index contributed by atoms with van der Waals surface area (Å²) in [4.78, 5) is 0. The maximum Gasteiger partial charge on any atom is 0.0756 e. The fraction of sp³-hybridized carbons (Fsp3) is 0.625. The average molecular weight is 371 g/mol. The van der Waals surface area contributed by atoms with Crippen molar-refractivity contribution in [3.05, 3.63) is 27.8 Å². The summed E-state index contributed by atoms with van der Waals surface area (Å²) in [6.45, 7) is 0.947. The Bertz CT molecular complexity index is 411. The van der Waals surface area contributed by atoms with E-state index in [9.17, 15) is 0 Å². The van der Waals surface area contributed by atoms with Crippen molar-refractivity contribution >= 4 is 28.3 Å². The molecule has 1 atom stereocenters. The summed E-state index contributed by atoms with van der Waals surface area (Å²) in [7, 11) is 0. The van der Waals surface area contributed by atoms with Crippen molar-refractivity contribution < 1.29 is 4.74 Å². The van der Waals surface area contributed by atoms with E-state index in [1.807, 2.05) is 0 Å². The first kappa shape index (κ1) is 13.7. The van der Waals surface area contributed by atoms with Gasteiger partial charge >= 0.3 is 0 Å². The number of anilines is 1. The highest BCUT2D eigenvalue weighted by Gasteiger charge is 2.40. The zero-order chi connectivity index (χ0) is 13.1. The molecule has 0 aromatic heterocycles. The van der Waals surface area contributed by atoms with Crippen molar-refractivity contribution in [2.24, 2.45) is 0 Å². The van der Waals surface area contributed by atoms with Crippen LogP contribution in [0, 0.1) is 3.57 Å². The highest BCUT2D eigenvalue weighted by atomic mass is 127. The van der Waals surface area contributed by atoms with E-state index in [-0.39, 0.29) is 5.60 Å². The topological polar surface area (TPSA) is 21.3 Å². The molecular weight excluding hydrogens is 349 g/mol. The van der Waals surface area contributed by atoms with Crippen LogP contribution in [0.4, 0.5) is 5.69 Å². The zero-order valence-electron chi connectivity index (χ0n) is 11.3. The van der Waals surface area contributed by atoms with E-state index in [2.05, 4.69) is 52.2 Å². The molecule has 1 saturated carbocycles. The smallest absolute Gasteiger partial charge is 0.0756 e. The maximum absolute atomic E-state index is 6.37. The number of benzene rings is 1. The Balaban J connectivity index is 1.50. The van der Waals surface area contributed by atoms with Crippen molar-refractivity contribution in [1.82, 2.24) is 0 Å². The molecule has 1 aromatic rings. The second kappa shape index (κ2) is 6.00. The summed E-state index contributed by atoms with van der Waals surface area (Å²) < 4.78 is 7.65. The predicted octanol–water partition coefficient (Wildman–Crippen LogP) is 4.59. The van der Waals surface area contributed by atoms with E-state index in [0.717, 1.165) is 6.54 Å². The van der Waals surface area contributed by atoms with E-state index >= 15 is 0 Å². The summed E-state index contributed by atoms with van der Waals surface area (Å²) in [5, 5.41) is 3.51. The SMILES string of the molecule is Ic1ccc(NCC2CCC3(CCCCC3)O2)cc1. The summed E-state index contributed by atoms with van der Waals surface area (Å²) in [5.41, 5.74) is 1.45. The Kier molecular flexibility index (Phi) is 4.32. The van der Waals surface area contributed by atoms with Gasteiger partial charge in [0.05, 0.1) is 11.7 Å². The van der Waals surface area contributed by atoms with E-state index in [0.29, 0.717) is 6.10 Å². The summed E-state index contributed by atoms with van der Waals surface area (Å²) in [5.74, 6) is 0. The third-order valence-electron chi connectivity index (χ3n) is 4.48. The molecule has 1 aromatic carbocycles. The van der Waals surface area contributed by atoms with Crippen LogP contribution in [0.15, 0.2) is 24.3 Å². The van der Waals surface area contributed by atoms with Gasteiger partial charge in [-0.05, 0) is 72.5 Å². The minimum absolute atomic E-state index is 0.247. The normalized spacial score (nSPS) is 25.6. The van der Waals surface area contributed by atoms with Crippen LogP contribution in [-0.2, 0) is 4.74 Å². The first-order valence-electron chi connectivity index (χ1n) is 7.43. The summed E-state index contributed by atoms with van der Waals surface area (Å²) in [6.07, 6.45) is 9.58. The van der Waals surface area contributed by atoms with Gasteiger partial charge in [0.1, 0.15) is 0 Å². The minimum atomic E-state index is 0.247. The lowest BCUT2D eigenvalue weighted by atomic mass is 9.83. The molecule has 0 radical (unpaired) electrons. The Labute approximate surface area is 129 Å². The lowest BCUT2D eigenvalue weighted by molar-refractivity contribution is -0.0588. The molecule has 1 unspecified atom stereocenters. The van der Waals surface area contributed by atoms with Gasteiger partial charge < -0.3 is 10.1 Å². The molecule has 0 bridgehead atoms. The first-order chi connectivity index (χ1) is 9.26. The van der Waals surface area contributed by atoms with E-state index in [1.54, 1.807) is 0 Å². The van der Waals surface area contributed by atoms with E-state index in [4.69, 9.17) is 4.74 Å². The summed E-state index contributed by atoms with van der Waals surface area (Å²) in [6, 6.07) is 8.57. The Morgan fingerprint density at radius 1 is 1.11 bits per heavy atom. The molecule has 104 valence electrons. The molecule has 1 saturated heterocycles. The van der Waals surface area contributed by atoms with Crippen LogP contribution in [-0.4, -0.2) is 18.2 Å². The Morgan fingerprint density at radius 3 is 2.58 bits per heavy atom. The van der Waals surface area contributed by atoms with Gasteiger partial charge in [-0.3, -0.25) is 0 Å². The highest BCUT2D eigenvalue weighted by Crippen LogP contribution is 2.41. The molecule has 1 spiro atoms. The standard InChI is InChI=1S/C16H22INO/c17-13-4-6-14(7-5-13)18-12-15-8-11-16(19-15)9-2-1-3-10-16/h4-7,15,18H,1-3,8-12H2. The highest BCUT2D eigenvalue weighted by molar-refractivity contribution is 14.1. The molecule has 1 N–H and O–H groups in total. The monoisotopic (exact) mass is 371 g/mol. The Hall–Kier alpha value is -0.290. The predicted molar refractivity (Wildman–Crippen MR) is 87.6 cm³/mol. The largest absolute Gasteiger partial charge is 0.382 e. The molecule has 3 rings (SSSR count). The fourth-order valence-corrected chi connectivity index (χ4v) is 3.76. The van der Waals surface area contributed by atoms with Crippen LogP contribution < -0.4 is 5.32 Å². The van der Waals surface area contributed by atoms with Crippen LogP contribution in [0.2, 0.25) is 0 Å². The van der Waals surface area contributed by atoms with Crippen LogP contribution in [0.25, 0.3) is 0 Å². The molecular formula is C16H22INO. The Morgan fingerprint density at radius 2 is 1.84 bits per heavy atom. The lowest BCUT2D eigenvalue weighted by Gasteiger charge is -2.33. The fourth-order valence-electron chi connectivity index (χ4n) is 3.40. The number of rotatable bonds is 3. The lowest BCUT2D eigenvalue weighted by Crippen LogP contribution is -2.33. The number of hydrogen-bond donors (Lipinski definition) is 1. The van der Waals surface area contributed by atoms with Gasteiger partial charge in [-0.15, -0.1) is 0 Å². The molecule has 19 heavy (non-hydrogen) atoms. The minimum Gasteiger partial charge on any atom is -0.382 e. The average Bonchev–Trinajstić information content (AvgIpc) is 2.82. The van der Waals surface area contributed by atoms with Crippen molar-refractivity contribution in [2.75, 3.05) is 11.9 Å². The molecule has 1 aliphatic heterocycles. The van der Waals surface area contributed by atoms with Gasteiger partial charge in [-0.25, -0.2) is 0 Å². The molecule has 2 fully saturated rings.